The second kappa shape index (κ2) is 10.1. The lowest BCUT2D eigenvalue weighted by Crippen LogP contribution is -2.44. The Morgan fingerprint density at radius 3 is 2.66 bits per heavy atom. The van der Waals surface area contributed by atoms with Crippen LogP contribution in [0, 0.1) is 6.92 Å². The number of aryl methyl sites for hydroxylation is 1. The van der Waals surface area contributed by atoms with Crippen LogP contribution in [-0.4, -0.2) is 16.8 Å². The molecule has 0 aliphatic heterocycles. The maximum absolute atomic E-state index is 13.6. The number of benzene rings is 1. The predicted molar refractivity (Wildman–Crippen MR) is 124 cm³/mol. The first-order valence-electron chi connectivity index (χ1n) is 10.2. The molecule has 6 nitrogen and oxygen atoms in total. The number of furan rings is 1. The van der Waals surface area contributed by atoms with Crippen molar-refractivity contribution in [2.24, 2.45) is 0 Å². The Labute approximate surface area is 190 Å². The van der Waals surface area contributed by atoms with Crippen LogP contribution < -0.4 is 10.2 Å². The standard InChI is InChI=1S/C25H23N3O3S/c1-18-7-2-3-11-22(18)24(25(30)27-17-20-9-5-13-31-20)28(19-8-4-12-26-16-19)23(29)15-21-10-6-14-32-21/h2-14,16,24H,15,17H2,1H3,(H,27,30)/t24-/m1/s1. The van der Waals surface area contributed by atoms with E-state index in [4.69, 9.17) is 4.42 Å². The maximum atomic E-state index is 13.6. The fraction of sp³-hybridized carbons (Fsp3) is 0.160. The van der Waals surface area contributed by atoms with Gasteiger partial charge in [-0.15, -0.1) is 11.3 Å². The molecule has 0 radical (unpaired) electrons. The largest absolute Gasteiger partial charge is 0.467 e. The molecule has 32 heavy (non-hydrogen) atoms. The van der Waals surface area contributed by atoms with E-state index in [1.54, 1.807) is 47.8 Å². The number of hydrogen-bond acceptors (Lipinski definition) is 5. The van der Waals surface area contributed by atoms with Gasteiger partial charge in [0, 0.05) is 11.1 Å². The lowest BCUT2D eigenvalue weighted by molar-refractivity contribution is -0.126. The first-order chi connectivity index (χ1) is 15.6. The number of amides is 2. The summed E-state index contributed by atoms with van der Waals surface area (Å²) >= 11 is 1.52. The number of rotatable bonds is 8. The van der Waals surface area contributed by atoms with Gasteiger partial charge in [0.05, 0.1) is 31.1 Å². The van der Waals surface area contributed by atoms with Crippen molar-refractivity contribution in [2.75, 3.05) is 4.90 Å². The van der Waals surface area contributed by atoms with Crippen molar-refractivity contribution < 1.29 is 14.0 Å². The van der Waals surface area contributed by atoms with Crippen LogP contribution in [0.15, 0.2) is 89.1 Å². The Balaban J connectivity index is 1.74. The SMILES string of the molecule is Cc1ccccc1[C@H](C(=O)NCc1ccco1)N(C(=O)Cc1cccs1)c1cccnc1. The number of nitrogens with zero attached hydrogens (tertiary/aromatic N) is 2. The van der Waals surface area contributed by atoms with Gasteiger partial charge >= 0.3 is 0 Å². The fourth-order valence-electron chi connectivity index (χ4n) is 3.56. The third-order valence-electron chi connectivity index (χ3n) is 5.10. The summed E-state index contributed by atoms with van der Waals surface area (Å²) in [6.45, 7) is 2.17. The van der Waals surface area contributed by atoms with E-state index in [2.05, 4.69) is 10.3 Å². The minimum atomic E-state index is -0.858. The second-order valence-electron chi connectivity index (χ2n) is 7.29. The summed E-state index contributed by atoms with van der Waals surface area (Å²) in [6, 6.07) is 17.7. The van der Waals surface area contributed by atoms with Crippen molar-refractivity contribution in [1.29, 1.82) is 0 Å². The predicted octanol–water partition coefficient (Wildman–Crippen LogP) is 4.68. The summed E-state index contributed by atoms with van der Waals surface area (Å²) in [6.07, 6.45) is 5.01. The van der Waals surface area contributed by atoms with E-state index >= 15 is 0 Å². The average molecular weight is 446 g/mol. The number of aromatic nitrogens is 1. The van der Waals surface area contributed by atoms with Gasteiger partial charge in [-0.05, 0) is 53.8 Å². The third-order valence-corrected chi connectivity index (χ3v) is 5.98. The van der Waals surface area contributed by atoms with Crippen molar-refractivity contribution >= 4 is 28.8 Å². The molecule has 0 spiro atoms. The van der Waals surface area contributed by atoms with Gasteiger partial charge in [0.15, 0.2) is 0 Å². The zero-order valence-electron chi connectivity index (χ0n) is 17.6. The molecular weight excluding hydrogens is 422 g/mol. The number of thiophene rings is 1. The summed E-state index contributed by atoms with van der Waals surface area (Å²) in [5, 5.41) is 4.87. The molecule has 1 N–H and O–H groups in total. The van der Waals surface area contributed by atoms with Gasteiger partial charge in [-0.25, -0.2) is 0 Å². The topological polar surface area (TPSA) is 75.4 Å². The van der Waals surface area contributed by atoms with Crippen LogP contribution in [0.4, 0.5) is 5.69 Å². The molecule has 0 saturated heterocycles. The van der Waals surface area contributed by atoms with E-state index in [-0.39, 0.29) is 24.8 Å². The molecule has 0 bridgehead atoms. The van der Waals surface area contributed by atoms with Crippen LogP contribution in [0.1, 0.15) is 27.8 Å². The van der Waals surface area contributed by atoms with E-state index in [0.717, 1.165) is 16.0 Å². The Morgan fingerprint density at radius 1 is 1.09 bits per heavy atom. The van der Waals surface area contributed by atoms with Gasteiger partial charge in [0.2, 0.25) is 11.8 Å². The Bertz CT molecular complexity index is 1160. The zero-order valence-corrected chi connectivity index (χ0v) is 18.4. The molecule has 0 unspecified atom stereocenters. The number of anilines is 1. The van der Waals surface area contributed by atoms with Crippen LogP contribution in [0.3, 0.4) is 0 Å². The third kappa shape index (κ3) is 4.95. The summed E-state index contributed by atoms with van der Waals surface area (Å²) in [5.41, 5.74) is 2.24. The number of carbonyl (C=O) groups is 2. The van der Waals surface area contributed by atoms with Gasteiger partial charge in [0.1, 0.15) is 11.8 Å². The van der Waals surface area contributed by atoms with Gasteiger partial charge in [-0.1, -0.05) is 30.3 Å². The monoisotopic (exact) mass is 445 g/mol. The molecule has 162 valence electrons. The number of hydrogen-bond donors (Lipinski definition) is 1. The van der Waals surface area contributed by atoms with Crippen molar-refractivity contribution in [3.8, 4) is 0 Å². The molecule has 0 aliphatic rings. The molecule has 4 rings (SSSR count). The quantitative estimate of drug-likeness (QED) is 0.427. The van der Waals surface area contributed by atoms with Crippen molar-refractivity contribution in [3.63, 3.8) is 0 Å². The molecule has 1 atom stereocenters. The van der Waals surface area contributed by atoms with E-state index in [1.165, 1.54) is 11.3 Å². The number of pyridine rings is 1. The lowest BCUT2D eigenvalue weighted by atomic mass is 9.98. The summed E-state index contributed by atoms with van der Waals surface area (Å²) in [5.74, 6) is 0.167. The molecule has 0 aliphatic carbocycles. The zero-order chi connectivity index (χ0) is 22.3. The number of nitrogens with one attached hydrogen (secondary N) is 1. The summed E-state index contributed by atoms with van der Waals surface area (Å²) < 4.78 is 5.35. The molecule has 0 saturated carbocycles. The first-order valence-corrected chi connectivity index (χ1v) is 11.1. The maximum Gasteiger partial charge on any atom is 0.248 e. The molecule has 4 aromatic rings. The first kappa shape index (κ1) is 21.5. The van der Waals surface area contributed by atoms with Gasteiger partial charge in [-0.2, -0.15) is 0 Å². The van der Waals surface area contributed by atoms with E-state index in [1.807, 2.05) is 48.7 Å². The van der Waals surface area contributed by atoms with Gasteiger partial charge in [-0.3, -0.25) is 19.5 Å². The highest BCUT2D eigenvalue weighted by Crippen LogP contribution is 2.30. The van der Waals surface area contributed by atoms with E-state index < -0.39 is 6.04 Å². The molecule has 0 fully saturated rings. The summed E-state index contributed by atoms with van der Waals surface area (Å²) in [7, 11) is 0. The van der Waals surface area contributed by atoms with E-state index in [0.29, 0.717) is 11.4 Å². The highest BCUT2D eigenvalue weighted by Gasteiger charge is 2.33. The van der Waals surface area contributed by atoms with E-state index in [9.17, 15) is 9.59 Å². The molecule has 7 heteroatoms. The fourth-order valence-corrected chi connectivity index (χ4v) is 4.25. The van der Waals surface area contributed by atoms with Crippen molar-refractivity contribution in [2.45, 2.75) is 25.9 Å². The van der Waals surface area contributed by atoms with Gasteiger partial charge in [0.25, 0.3) is 0 Å². The Hall–Kier alpha value is -3.71. The minimum Gasteiger partial charge on any atom is -0.467 e. The molecule has 3 aromatic heterocycles. The molecule has 3 heterocycles. The van der Waals surface area contributed by atoms with Crippen molar-refractivity contribution in [1.82, 2.24) is 10.3 Å². The summed E-state index contributed by atoms with van der Waals surface area (Å²) in [4.78, 5) is 33.8. The molecule has 2 amide bonds. The van der Waals surface area contributed by atoms with Crippen LogP contribution >= 0.6 is 11.3 Å². The Morgan fingerprint density at radius 2 is 1.97 bits per heavy atom. The average Bonchev–Trinajstić information content (AvgIpc) is 3.51. The normalized spacial score (nSPS) is 11.7. The Kier molecular flexibility index (Phi) is 6.77. The highest BCUT2D eigenvalue weighted by molar-refractivity contribution is 7.10. The second-order valence-corrected chi connectivity index (χ2v) is 8.32. The van der Waals surface area contributed by atoms with Crippen molar-refractivity contribution in [3.05, 3.63) is 106 Å². The van der Waals surface area contributed by atoms with Crippen LogP contribution in [0.25, 0.3) is 0 Å². The molecular formula is C25H23N3O3S. The lowest BCUT2D eigenvalue weighted by Gasteiger charge is -2.32. The smallest absolute Gasteiger partial charge is 0.248 e. The van der Waals surface area contributed by atoms with Crippen LogP contribution in [-0.2, 0) is 22.6 Å². The number of carbonyl (C=O) groups excluding carboxylic acids is 2. The van der Waals surface area contributed by atoms with Crippen LogP contribution in [0.5, 0.6) is 0 Å². The molecule has 1 aromatic carbocycles. The minimum absolute atomic E-state index is 0.179. The highest BCUT2D eigenvalue weighted by atomic mass is 32.1. The van der Waals surface area contributed by atoms with Gasteiger partial charge < -0.3 is 9.73 Å². The van der Waals surface area contributed by atoms with Crippen LogP contribution in [0.2, 0.25) is 0 Å².